The Morgan fingerprint density at radius 1 is 1.42 bits per heavy atom. The minimum Gasteiger partial charge on any atom is -0.492 e. The van der Waals surface area contributed by atoms with Gasteiger partial charge in [-0.2, -0.15) is 5.26 Å². The second kappa shape index (κ2) is 6.97. The minimum absolute atomic E-state index is 0.116. The number of nitrogens with zero attached hydrogens (tertiary/aromatic N) is 1. The van der Waals surface area contributed by atoms with Gasteiger partial charge in [-0.25, -0.2) is 13.1 Å². The summed E-state index contributed by atoms with van der Waals surface area (Å²) in [5, 5.41) is 7.69. The van der Waals surface area contributed by atoms with Crippen molar-refractivity contribution < 1.29 is 13.2 Å². The van der Waals surface area contributed by atoms with Gasteiger partial charge < -0.3 is 10.5 Å². The average Bonchev–Trinajstić information content (AvgIpc) is 2.38. The van der Waals surface area contributed by atoms with Gasteiger partial charge in [0.05, 0.1) is 6.07 Å². The quantitative estimate of drug-likeness (QED) is 0.570. The normalized spacial score (nSPS) is 12.6. The second-order valence-electron chi connectivity index (χ2n) is 3.88. The lowest BCUT2D eigenvalue weighted by molar-refractivity contribution is 0.322. The molecule has 6 nitrogen and oxygen atoms in total. The first kappa shape index (κ1) is 15.3. The second-order valence-corrected chi connectivity index (χ2v) is 5.83. The van der Waals surface area contributed by atoms with Crippen molar-refractivity contribution in [3.63, 3.8) is 0 Å². The van der Waals surface area contributed by atoms with E-state index < -0.39 is 15.3 Å². The number of nitrogens with one attached hydrogen (secondary N) is 1. The molecule has 0 saturated heterocycles. The summed E-state index contributed by atoms with van der Waals surface area (Å²) in [6.07, 6.45) is 0.255. The van der Waals surface area contributed by atoms with E-state index in [2.05, 4.69) is 4.72 Å². The van der Waals surface area contributed by atoms with E-state index in [0.717, 1.165) is 0 Å². The summed E-state index contributed by atoms with van der Waals surface area (Å²) in [5.41, 5.74) is 6.16. The van der Waals surface area contributed by atoms with E-state index >= 15 is 0 Å². The largest absolute Gasteiger partial charge is 0.492 e. The van der Waals surface area contributed by atoms with Crippen molar-refractivity contribution in [3.8, 4) is 11.8 Å². The lowest BCUT2D eigenvalue weighted by Crippen LogP contribution is -2.35. The molecule has 0 spiro atoms. The Hall–Kier alpha value is -1.78. The molecule has 3 N–H and O–H groups in total. The van der Waals surface area contributed by atoms with Gasteiger partial charge in [0.1, 0.15) is 12.4 Å². The fraction of sp³-hybridized carbons (Fsp3) is 0.417. The van der Waals surface area contributed by atoms with Crippen LogP contribution in [-0.4, -0.2) is 26.8 Å². The van der Waals surface area contributed by atoms with E-state index in [1.165, 1.54) is 0 Å². The Morgan fingerprint density at radius 3 is 2.58 bits per heavy atom. The predicted molar refractivity (Wildman–Crippen MR) is 73.0 cm³/mol. The van der Waals surface area contributed by atoms with Crippen LogP contribution in [-0.2, 0) is 10.0 Å². The number of anilines is 1. The molecule has 1 unspecified atom stereocenters. The molecule has 0 aromatic heterocycles. The fourth-order valence-corrected chi connectivity index (χ4v) is 2.54. The molecule has 19 heavy (non-hydrogen) atoms. The van der Waals surface area contributed by atoms with Crippen molar-refractivity contribution >= 4 is 15.7 Å². The van der Waals surface area contributed by atoms with Gasteiger partial charge in [-0.1, -0.05) is 6.92 Å². The molecule has 0 aliphatic rings. The highest BCUT2D eigenvalue weighted by molar-refractivity contribution is 7.90. The van der Waals surface area contributed by atoms with E-state index in [-0.39, 0.29) is 19.6 Å². The van der Waals surface area contributed by atoms with Crippen LogP contribution >= 0.6 is 0 Å². The molecule has 1 atom stereocenters. The smallest absolute Gasteiger partial charge is 0.228 e. The number of hydrogen-bond acceptors (Lipinski definition) is 5. The first-order valence-electron chi connectivity index (χ1n) is 5.86. The Balaban J connectivity index is 2.39. The van der Waals surface area contributed by atoms with Gasteiger partial charge in [0.25, 0.3) is 0 Å². The molecule has 7 heteroatoms. The number of nitrogen functional groups attached to an aromatic ring is 1. The minimum atomic E-state index is -3.59. The lowest BCUT2D eigenvalue weighted by atomic mass is 10.3. The Kier molecular flexibility index (Phi) is 5.60. The number of benzene rings is 1. The van der Waals surface area contributed by atoms with E-state index in [1.807, 2.05) is 0 Å². The van der Waals surface area contributed by atoms with Crippen molar-refractivity contribution in [2.75, 3.05) is 18.9 Å². The Bertz CT molecular complexity index is 534. The molecule has 104 valence electrons. The topological polar surface area (TPSA) is 105 Å². The molecule has 1 aromatic rings. The number of nitriles is 1. The van der Waals surface area contributed by atoms with Crippen LogP contribution in [0.4, 0.5) is 5.69 Å². The third-order valence-corrected chi connectivity index (χ3v) is 4.24. The molecule has 0 radical (unpaired) electrons. The van der Waals surface area contributed by atoms with Crippen LogP contribution in [0.2, 0.25) is 0 Å². The lowest BCUT2D eigenvalue weighted by Gasteiger charge is -2.11. The molecule has 0 aliphatic carbocycles. The maximum Gasteiger partial charge on any atom is 0.228 e. The van der Waals surface area contributed by atoms with Crippen LogP contribution in [0.3, 0.4) is 0 Å². The summed E-state index contributed by atoms with van der Waals surface area (Å²) >= 11 is 0. The molecular weight excluding hydrogens is 266 g/mol. The van der Waals surface area contributed by atoms with Crippen LogP contribution < -0.4 is 15.2 Å². The number of hydrogen-bond donors (Lipinski definition) is 2. The predicted octanol–water partition coefficient (Wildman–Crippen LogP) is 0.869. The molecule has 0 bridgehead atoms. The Morgan fingerprint density at radius 2 is 2.05 bits per heavy atom. The van der Waals surface area contributed by atoms with Crippen LogP contribution in [0, 0.1) is 11.3 Å². The summed E-state index contributed by atoms with van der Waals surface area (Å²) in [6, 6.07) is 8.55. The van der Waals surface area contributed by atoms with Crippen molar-refractivity contribution in [2.24, 2.45) is 0 Å². The van der Waals surface area contributed by atoms with E-state index in [4.69, 9.17) is 15.7 Å². The van der Waals surface area contributed by atoms with Crippen LogP contribution in [0.25, 0.3) is 0 Å². The molecule has 0 aliphatic heterocycles. The molecule has 1 rings (SSSR count). The molecular formula is C12H17N3O3S. The van der Waals surface area contributed by atoms with Gasteiger partial charge in [0.2, 0.25) is 10.0 Å². The van der Waals surface area contributed by atoms with Crippen molar-refractivity contribution in [1.29, 1.82) is 5.26 Å². The highest BCUT2D eigenvalue weighted by atomic mass is 32.2. The van der Waals surface area contributed by atoms with Crippen LogP contribution in [0.15, 0.2) is 24.3 Å². The Labute approximate surface area is 113 Å². The highest BCUT2D eigenvalue weighted by Gasteiger charge is 2.22. The first-order chi connectivity index (χ1) is 8.99. The SMILES string of the molecule is CCC(C#N)S(=O)(=O)NCCOc1ccc(N)cc1. The third kappa shape index (κ3) is 4.77. The molecule has 0 saturated carbocycles. The van der Waals surface area contributed by atoms with Gasteiger partial charge in [0.15, 0.2) is 5.25 Å². The molecule has 0 fully saturated rings. The number of nitrogens with two attached hydrogens (primary N) is 1. The summed E-state index contributed by atoms with van der Waals surface area (Å²) in [6.45, 7) is 1.95. The zero-order chi connectivity index (χ0) is 14.3. The van der Waals surface area contributed by atoms with Crippen molar-refractivity contribution in [3.05, 3.63) is 24.3 Å². The fourth-order valence-electron chi connectivity index (χ4n) is 1.40. The molecule has 1 aromatic carbocycles. The number of rotatable bonds is 7. The van der Waals surface area contributed by atoms with Crippen LogP contribution in [0.5, 0.6) is 5.75 Å². The summed E-state index contributed by atoms with van der Waals surface area (Å²) in [7, 11) is -3.59. The summed E-state index contributed by atoms with van der Waals surface area (Å²) < 4.78 is 31.0. The zero-order valence-corrected chi connectivity index (χ0v) is 11.5. The number of sulfonamides is 1. The average molecular weight is 283 g/mol. The monoisotopic (exact) mass is 283 g/mol. The standard InChI is InChI=1S/C12H17N3O3S/c1-2-12(9-13)19(16,17)15-7-8-18-11-5-3-10(14)4-6-11/h3-6,12,15H,2,7-8,14H2,1H3. The first-order valence-corrected chi connectivity index (χ1v) is 7.40. The molecule has 0 amide bonds. The van der Waals surface area contributed by atoms with Gasteiger partial charge >= 0.3 is 0 Å². The summed E-state index contributed by atoms with van der Waals surface area (Å²) in [5.74, 6) is 0.612. The van der Waals surface area contributed by atoms with Crippen molar-refractivity contribution in [1.82, 2.24) is 4.72 Å². The maximum absolute atomic E-state index is 11.6. The van der Waals surface area contributed by atoms with Gasteiger partial charge in [-0.3, -0.25) is 0 Å². The van der Waals surface area contributed by atoms with Crippen molar-refractivity contribution in [2.45, 2.75) is 18.6 Å². The number of ether oxygens (including phenoxy) is 1. The summed E-state index contributed by atoms with van der Waals surface area (Å²) in [4.78, 5) is 0. The van der Waals surface area contributed by atoms with Gasteiger partial charge in [-0.05, 0) is 30.7 Å². The molecule has 0 heterocycles. The zero-order valence-electron chi connectivity index (χ0n) is 10.7. The van der Waals surface area contributed by atoms with Gasteiger partial charge in [0, 0.05) is 12.2 Å². The van der Waals surface area contributed by atoms with E-state index in [0.29, 0.717) is 11.4 Å². The third-order valence-electron chi connectivity index (χ3n) is 2.44. The van der Waals surface area contributed by atoms with E-state index in [9.17, 15) is 8.42 Å². The maximum atomic E-state index is 11.6. The van der Waals surface area contributed by atoms with Gasteiger partial charge in [-0.15, -0.1) is 0 Å². The highest BCUT2D eigenvalue weighted by Crippen LogP contribution is 2.12. The van der Waals surface area contributed by atoms with E-state index in [1.54, 1.807) is 37.3 Å². The van der Waals surface area contributed by atoms with Crippen LogP contribution in [0.1, 0.15) is 13.3 Å².